The number of pyridine rings is 2. The van der Waals surface area contributed by atoms with Gasteiger partial charge in [0.25, 0.3) is 0 Å². The van der Waals surface area contributed by atoms with Crippen molar-refractivity contribution >= 4 is 16.3 Å². The SMILES string of the molecule is C=C.CC.CC.CC1(C)CC(C)(C)c2c1c(=O)c1c3c4c(cccc4ccn23)C1(C)C. The Balaban J connectivity index is 0.000000527. The number of aromatic nitrogens is 1. The third kappa shape index (κ3) is 3.26. The van der Waals surface area contributed by atoms with Crippen molar-refractivity contribution in [3.8, 4) is 0 Å². The highest BCUT2D eigenvalue weighted by atomic mass is 16.1. The van der Waals surface area contributed by atoms with Crippen LogP contribution in [0.3, 0.4) is 0 Å². The predicted octanol–water partition coefficient (Wildman–Crippen LogP) is 7.91. The Kier molecular flexibility index (Phi) is 6.67. The molecule has 0 saturated heterocycles. The van der Waals surface area contributed by atoms with Crippen molar-refractivity contribution < 1.29 is 0 Å². The van der Waals surface area contributed by atoms with Crippen molar-refractivity contribution in [1.29, 1.82) is 0 Å². The molecule has 2 heteroatoms. The molecule has 0 spiro atoms. The molecule has 0 saturated carbocycles. The highest BCUT2D eigenvalue weighted by molar-refractivity contribution is 6.05. The third-order valence-corrected chi connectivity index (χ3v) is 6.65. The Morgan fingerprint density at radius 3 is 2.00 bits per heavy atom. The molecule has 0 unspecified atom stereocenters. The zero-order valence-corrected chi connectivity index (χ0v) is 21.4. The standard InChI is InChI=1S/C23H25NO.2C2H6.C2H4/c1-21(2)12-22(3,4)20-17(21)19(25)16-18-15-13(10-11-24(18)20)8-7-9-14(15)23(16,5)6;3*1-2/h7-11H,12H2,1-6H3;2*1-2H3;1-2H2. The van der Waals surface area contributed by atoms with Crippen LogP contribution in [0.15, 0.2) is 48.4 Å². The van der Waals surface area contributed by atoms with E-state index in [1.165, 1.54) is 22.0 Å². The van der Waals surface area contributed by atoms with Gasteiger partial charge in [-0.15, -0.1) is 13.2 Å². The van der Waals surface area contributed by atoms with Crippen LogP contribution in [0.4, 0.5) is 0 Å². The van der Waals surface area contributed by atoms with E-state index in [0.717, 1.165) is 23.1 Å². The molecule has 1 aromatic carbocycles. The second-order valence-electron chi connectivity index (χ2n) is 9.80. The van der Waals surface area contributed by atoms with Crippen LogP contribution in [0.25, 0.3) is 16.3 Å². The van der Waals surface area contributed by atoms with Crippen LogP contribution in [0.1, 0.15) is 98.0 Å². The van der Waals surface area contributed by atoms with Gasteiger partial charge in [-0.2, -0.15) is 0 Å². The predicted molar refractivity (Wildman–Crippen MR) is 138 cm³/mol. The van der Waals surface area contributed by atoms with Crippen molar-refractivity contribution in [2.24, 2.45) is 0 Å². The number of hydrogen-bond donors (Lipinski definition) is 0. The summed E-state index contributed by atoms with van der Waals surface area (Å²) in [6.45, 7) is 27.4. The molecule has 168 valence electrons. The summed E-state index contributed by atoms with van der Waals surface area (Å²) in [4.78, 5) is 13.8. The van der Waals surface area contributed by atoms with Gasteiger partial charge in [-0.3, -0.25) is 4.79 Å². The first-order valence-corrected chi connectivity index (χ1v) is 11.7. The summed E-state index contributed by atoms with van der Waals surface area (Å²) >= 11 is 0. The van der Waals surface area contributed by atoms with Crippen LogP contribution in [0, 0.1) is 0 Å². The number of nitrogens with zero attached hydrogens (tertiary/aromatic N) is 1. The van der Waals surface area contributed by atoms with Crippen molar-refractivity contribution in [3.05, 3.63) is 76.2 Å². The zero-order chi connectivity index (χ0) is 23.9. The maximum atomic E-state index is 13.8. The number of hydrogen-bond acceptors (Lipinski definition) is 1. The normalized spacial score (nSPS) is 17.7. The number of rotatable bonds is 0. The van der Waals surface area contributed by atoms with Crippen LogP contribution < -0.4 is 5.43 Å². The van der Waals surface area contributed by atoms with E-state index in [1.807, 2.05) is 27.7 Å². The van der Waals surface area contributed by atoms with Gasteiger partial charge in [-0.25, -0.2) is 0 Å². The molecule has 0 radical (unpaired) electrons. The quantitative estimate of drug-likeness (QED) is 0.268. The average molecular weight is 420 g/mol. The van der Waals surface area contributed by atoms with E-state index >= 15 is 0 Å². The number of benzene rings is 1. The van der Waals surface area contributed by atoms with Crippen molar-refractivity contribution in [3.63, 3.8) is 0 Å². The summed E-state index contributed by atoms with van der Waals surface area (Å²) in [7, 11) is 0. The van der Waals surface area contributed by atoms with Crippen LogP contribution >= 0.6 is 0 Å². The fraction of sp³-hybridized carbons (Fsp3) is 0.483. The molecule has 5 rings (SSSR count). The Labute approximate surface area is 189 Å². The molecule has 31 heavy (non-hydrogen) atoms. The molecule has 0 fully saturated rings. The van der Waals surface area contributed by atoms with Gasteiger partial charge in [-0.05, 0) is 28.9 Å². The first-order valence-electron chi connectivity index (χ1n) is 11.7. The molecule has 2 nitrogen and oxygen atoms in total. The van der Waals surface area contributed by atoms with Crippen LogP contribution in [0.2, 0.25) is 0 Å². The molecule has 3 aromatic rings. The average Bonchev–Trinajstić information content (AvgIpc) is 3.11. The van der Waals surface area contributed by atoms with Crippen molar-refractivity contribution in [2.45, 2.75) is 91.9 Å². The summed E-state index contributed by atoms with van der Waals surface area (Å²) in [5, 5.41) is 2.50. The Bertz CT molecular complexity index is 1180. The van der Waals surface area contributed by atoms with E-state index in [1.54, 1.807) is 0 Å². The Morgan fingerprint density at radius 1 is 0.839 bits per heavy atom. The molecule has 2 aliphatic carbocycles. The summed E-state index contributed by atoms with van der Waals surface area (Å²) in [6, 6.07) is 8.69. The summed E-state index contributed by atoms with van der Waals surface area (Å²) in [5.74, 6) is 0. The van der Waals surface area contributed by atoms with Crippen LogP contribution in [-0.2, 0) is 16.2 Å². The van der Waals surface area contributed by atoms with E-state index < -0.39 is 0 Å². The second kappa shape index (κ2) is 8.30. The van der Waals surface area contributed by atoms with E-state index in [-0.39, 0.29) is 21.7 Å². The van der Waals surface area contributed by atoms with Crippen molar-refractivity contribution in [2.75, 3.05) is 0 Å². The van der Waals surface area contributed by atoms with Gasteiger partial charge < -0.3 is 4.40 Å². The zero-order valence-electron chi connectivity index (χ0n) is 21.4. The summed E-state index contributed by atoms with van der Waals surface area (Å²) < 4.78 is 2.35. The van der Waals surface area contributed by atoms with Crippen LogP contribution in [-0.4, -0.2) is 4.40 Å². The van der Waals surface area contributed by atoms with Gasteiger partial charge in [0.15, 0.2) is 5.43 Å². The molecule has 2 heterocycles. The first-order chi connectivity index (χ1) is 14.6. The fourth-order valence-corrected chi connectivity index (χ4v) is 6.02. The highest BCUT2D eigenvalue weighted by Crippen LogP contribution is 2.52. The number of fused-ring (bicyclic) bond motifs is 2. The van der Waals surface area contributed by atoms with Crippen molar-refractivity contribution in [1.82, 2.24) is 4.40 Å². The monoisotopic (exact) mass is 419 g/mol. The largest absolute Gasteiger partial charge is 0.319 e. The van der Waals surface area contributed by atoms with Crippen LogP contribution in [0.5, 0.6) is 0 Å². The molecular formula is C29H41NO. The lowest BCUT2D eigenvalue weighted by atomic mass is 9.79. The van der Waals surface area contributed by atoms with Gasteiger partial charge in [0.05, 0.1) is 5.52 Å². The minimum absolute atomic E-state index is 0.00343. The van der Waals surface area contributed by atoms with Gasteiger partial charge in [-0.1, -0.05) is 87.4 Å². The van der Waals surface area contributed by atoms with Gasteiger partial charge >= 0.3 is 0 Å². The maximum Gasteiger partial charge on any atom is 0.190 e. The highest BCUT2D eigenvalue weighted by Gasteiger charge is 2.48. The lowest BCUT2D eigenvalue weighted by molar-refractivity contribution is 0.397. The lowest BCUT2D eigenvalue weighted by Gasteiger charge is -2.24. The van der Waals surface area contributed by atoms with E-state index in [4.69, 9.17) is 0 Å². The van der Waals surface area contributed by atoms with Gasteiger partial charge in [0, 0.05) is 39.2 Å². The third-order valence-electron chi connectivity index (χ3n) is 6.65. The molecule has 0 bridgehead atoms. The molecular weight excluding hydrogens is 378 g/mol. The molecule has 0 atom stereocenters. The molecule has 0 N–H and O–H groups in total. The summed E-state index contributed by atoms with van der Waals surface area (Å²) in [5.41, 5.74) is 5.61. The minimum atomic E-state index is -0.247. The van der Waals surface area contributed by atoms with E-state index in [2.05, 4.69) is 89.6 Å². The minimum Gasteiger partial charge on any atom is -0.319 e. The molecule has 2 aliphatic rings. The fourth-order valence-electron chi connectivity index (χ4n) is 6.02. The Morgan fingerprint density at radius 2 is 1.42 bits per heavy atom. The lowest BCUT2D eigenvalue weighted by Crippen LogP contribution is -2.31. The molecule has 2 aromatic heterocycles. The topological polar surface area (TPSA) is 21.5 Å². The van der Waals surface area contributed by atoms with Gasteiger partial charge in [0.2, 0.25) is 0 Å². The Hall–Kier alpha value is -2.35. The first kappa shape index (κ1) is 24.9. The van der Waals surface area contributed by atoms with E-state index in [0.29, 0.717) is 0 Å². The summed E-state index contributed by atoms with van der Waals surface area (Å²) in [6.07, 6.45) is 3.20. The second-order valence-corrected chi connectivity index (χ2v) is 9.80. The molecule has 0 aliphatic heterocycles. The smallest absolute Gasteiger partial charge is 0.190 e. The van der Waals surface area contributed by atoms with E-state index in [9.17, 15) is 4.79 Å². The maximum absolute atomic E-state index is 13.8. The van der Waals surface area contributed by atoms with Gasteiger partial charge in [0.1, 0.15) is 0 Å². The molecule has 0 amide bonds.